The average Bonchev–Trinajstić information content (AvgIpc) is 3.07. The Morgan fingerprint density at radius 2 is 1.33 bits per heavy atom. The van der Waals surface area contributed by atoms with E-state index in [9.17, 15) is 0 Å². The van der Waals surface area contributed by atoms with Crippen molar-refractivity contribution in [2.24, 2.45) is 15.7 Å². The van der Waals surface area contributed by atoms with Crippen molar-refractivity contribution in [3.05, 3.63) is 35.9 Å². The molecule has 4 heteroatoms. The van der Waals surface area contributed by atoms with Crippen LogP contribution in [0.1, 0.15) is 88.1 Å². The Bertz CT molecular complexity index is 494. The van der Waals surface area contributed by atoms with Gasteiger partial charge in [0.2, 0.25) is 0 Å². The summed E-state index contributed by atoms with van der Waals surface area (Å²) in [5.41, 5.74) is 6.73. The van der Waals surface area contributed by atoms with Crippen molar-refractivity contribution in [3.8, 4) is 0 Å². The third-order valence-corrected chi connectivity index (χ3v) is 3.44. The molecule has 0 amide bonds. The molecule has 2 N–H and O–H groups in total. The molecular formula is C23H46N4. The molecule has 1 aromatic rings. The maximum atomic E-state index is 6.00. The van der Waals surface area contributed by atoms with Gasteiger partial charge in [-0.05, 0) is 18.9 Å². The summed E-state index contributed by atoms with van der Waals surface area (Å²) in [5.74, 6) is 1.59. The fourth-order valence-corrected chi connectivity index (χ4v) is 2.54. The van der Waals surface area contributed by atoms with E-state index in [1.54, 1.807) is 0 Å². The van der Waals surface area contributed by atoms with Crippen molar-refractivity contribution in [3.63, 3.8) is 0 Å². The molecule has 27 heavy (non-hydrogen) atoms. The molecule has 0 saturated carbocycles. The zero-order valence-corrected chi connectivity index (χ0v) is 19.9. The predicted molar refractivity (Wildman–Crippen MR) is 126 cm³/mol. The fourth-order valence-electron chi connectivity index (χ4n) is 2.54. The Balaban J connectivity index is -0.000000504. The SMILES string of the molecule is CC.CC.CC.CC.CC.CC1(c2ccccc2)N=C(N)N2CCCN=C21. The lowest BCUT2D eigenvalue weighted by Gasteiger charge is -2.29. The van der Waals surface area contributed by atoms with Gasteiger partial charge in [-0.25, -0.2) is 4.99 Å². The molecule has 0 saturated heterocycles. The molecular weight excluding hydrogens is 332 g/mol. The summed E-state index contributed by atoms with van der Waals surface area (Å²) < 4.78 is 0. The first-order valence-corrected chi connectivity index (χ1v) is 10.9. The highest BCUT2D eigenvalue weighted by atomic mass is 15.4. The molecule has 1 aromatic carbocycles. The summed E-state index contributed by atoms with van der Waals surface area (Å²) in [6.45, 7) is 23.9. The zero-order chi connectivity index (χ0) is 21.9. The van der Waals surface area contributed by atoms with E-state index in [0.29, 0.717) is 5.96 Å². The van der Waals surface area contributed by atoms with Gasteiger partial charge in [0.15, 0.2) is 5.96 Å². The van der Waals surface area contributed by atoms with Gasteiger partial charge in [0, 0.05) is 13.1 Å². The first-order valence-electron chi connectivity index (χ1n) is 10.9. The largest absolute Gasteiger partial charge is 0.369 e. The molecule has 1 atom stereocenters. The molecule has 0 fully saturated rings. The maximum absolute atomic E-state index is 6.00. The molecule has 0 aliphatic carbocycles. The Labute approximate surface area is 170 Å². The minimum Gasteiger partial charge on any atom is -0.369 e. The Morgan fingerprint density at radius 3 is 1.81 bits per heavy atom. The van der Waals surface area contributed by atoms with Crippen LogP contribution in [0.3, 0.4) is 0 Å². The number of benzene rings is 1. The second-order valence-electron chi connectivity index (χ2n) is 4.62. The highest BCUT2D eigenvalue weighted by Crippen LogP contribution is 2.34. The van der Waals surface area contributed by atoms with Gasteiger partial charge < -0.3 is 5.73 Å². The molecule has 1 unspecified atom stereocenters. The average molecular weight is 379 g/mol. The van der Waals surface area contributed by atoms with E-state index in [-0.39, 0.29) is 0 Å². The highest BCUT2D eigenvalue weighted by Gasteiger charge is 2.43. The molecule has 158 valence electrons. The molecule has 2 aliphatic heterocycles. The van der Waals surface area contributed by atoms with Gasteiger partial charge in [-0.2, -0.15) is 0 Å². The molecule has 3 rings (SSSR count). The Kier molecular flexibility index (Phi) is 21.0. The van der Waals surface area contributed by atoms with Gasteiger partial charge in [-0.15, -0.1) is 0 Å². The first kappa shape index (κ1) is 29.9. The van der Waals surface area contributed by atoms with Crippen LogP contribution in [0.5, 0.6) is 0 Å². The number of aliphatic imine (C=N–C) groups is 2. The summed E-state index contributed by atoms with van der Waals surface area (Å²) in [7, 11) is 0. The number of hydrogen-bond acceptors (Lipinski definition) is 4. The summed E-state index contributed by atoms with van der Waals surface area (Å²) in [5, 5.41) is 0. The second-order valence-corrected chi connectivity index (χ2v) is 4.62. The van der Waals surface area contributed by atoms with E-state index in [1.807, 2.05) is 92.3 Å². The van der Waals surface area contributed by atoms with Gasteiger partial charge in [0.05, 0.1) is 0 Å². The lowest BCUT2D eigenvalue weighted by Crippen LogP contribution is -2.45. The minimum atomic E-state index is -0.411. The summed E-state index contributed by atoms with van der Waals surface area (Å²) in [4.78, 5) is 11.3. The van der Waals surface area contributed by atoms with Crippen LogP contribution in [0.4, 0.5) is 0 Å². The monoisotopic (exact) mass is 378 g/mol. The lowest BCUT2D eigenvalue weighted by atomic mass is 9.91. The molecule has 0 spiro atoms. The third kappa shape index (κ3) is 8.15. The normalized spacial score (nSPS) is 18.4. The quantitative estimate of drug-likeness (QED) is 0.609. The number of guanidine groups is 1. The van der Waals surface area contributed by atoms with Crippen molar-refractivity contribution >= 4 is 11.8 Å². The van der Waals surface area contributed by atoms with Gasteiger partial charge in [-0.3, -0.25) is 9.89 Å². The zero-order valence-electron chi connectivity index (χ0n) is 19.9. The topological polar surface area (TPSA) is 54.0 Å². The number of nitrogens with zero attached hydrogens (tertiary/aromatic N) is 3. The number of rotatable bonds is 1. The van der Waals surface area contributed by atoms with Crippen LogP contribution in [0.25, 0.3) is 0 Å². The standard InChI is InChI=1S/C13H16N4.5C2H6/c1-13(10-6-3-2-4-7-10)11-15-8-5-9-17(11)12(14)16-13;5*1-2/h2-4,6-7H,5,8-9H2,1H3,(H2,14,16);5*1-2H3. The van der Waals surface area contributed by atoms with Crippen molar-refractivity contribution < 1.29 is 0 Å². The Morgan fingerprint density at radius 1 is 0.852 bits per heavy atom. The molecule has 0 bridgehead atoms. The van der Waals surface area contributed by atoms with Crippen LogP contribution in [-0.4, -0.2) is 29.8 Å². The predicted octanol–water partition coefficient (Wildman–Crippen LogP) is 6.47. The maximum Gasteiger partial charge on any atom is 0.198 e. The van der Waals surface area contributed by atoms with Gasteiger partial charge >= 0.3 is 0 Å². The summed E-state index contributed by atoms with van der Waals surface area (Å²) >= 11 is 0. The minimum absolute atomic E-state index is 0.411. The lowest BCUT2D eigenvalue weighted by molar-refractivity contribution is 0.524. The van der Waals surface area contributed by atoms with E-state index in [0.717, 1.165) is 30.9 Å². The van der Waals surface area contributed by atoms with Crippen LogP contribution >= 0.6 is 0 Å². The van der Waals surface area contributed by atoms with Crippen LogP contribution in [-0.2, 0) is 5.54 Å². The highest BCUT2D eigenvalue weighted by molar-refractivity contribution is 6.10. The molecule has 0 aromatic heterocycles. The van der Waals surface area contributed by atoms with Crippen LogP contribution in [0.15, 0.2) is 40.3 Å². The third-order valence-electron chi connectivity index (χ3n) is 3.44. The van der Waals surface area contributed by atoms with E-state index in [2.05, 4.69) is 29.0 Å². The number of hydrogen-bond donors (Lipinski definition) is 1. The second kappa shape index (κ2) is 18.9. The molecule has 0 radical (unpaired) electrons. The van der Waals surface area contributed by atoms with Crippen molar-refractivity contribution in [2.45, 2.75) is 88.1 Å². The van der Waals surface area contributed by atoms with Crippen molar-refractivity contribution in [2.75, 3.05) is 13.1 Å². The van der Waals surface area contributed by atoms with Gasteiger partial charge in [-0.1, -0.05) is 99.6 Å². The Hall–Kier alpha value is -1.84. The van der Waals surface area contributed by atoms with Crippen LogP contribution in [0.2, 0.25) is 0 Å². The van der Waals surface area contributed by atoms with E-state index < -0.39 is 5.54 Å². The van der Waals surface area contributed by atoms with Crippen LogP contribution < -0.4 is 5.73 Å². The first-order chi connectivity index (χ1) is 13.2. The molecule has 2 aliphatic rings. The summed E-state index contributed by atoms with van der Waals surface area (Å²) in [6, 6.07) is 10.2. The van der Waals surface area contributed by atoms with Gasteiger partial charge in [0.25, 0.3) is 0 Å². The smallest absolute Gasteiger partial charge is 0.198 e. The summed E-state index contributed by atoms with van der Waals surface area (Å²) in [6.07, 6.45) is 1.05. The number of nitrogens with two attached hydrogens (primary N) is 1. The number of fused-ring (bicyclic) bond motifs is 1. The van der Waals surface area contributed by atoms with Crippen molar-refractivity contribution in [1.82, 2.24) is 4.90 Å². The van der Waals surface area contributed by atoms with Crippen LogP contribution in [0, 0.1) is 0 Å². The van der Waals surface area contributed by atoms with E-state index in [4.69, 9.17) is 5.73 Å². The van der Waals surface area contributed by atoms with Crippen molar-refractivity contribution in [1.29, 1.82) is 0 Å². The fraction of sp³-hybridized carbons (Fsp3) is 0.652. The van der Waals surface area contributed by atoms with Gasteiger partial charge in [0.1, 0.15) is 11.4 Å². The van der Waals surface area contributed by atoms with E-state index in [1.165, 1.54) is 0 Å². The molecule has 2 heterocycles. The number of amidine groups is 1. The van der Waals surface area contributed by atoms with E-state index >= 15 is 0 Å². The molecule has 4 nitrogen and oxygen atoms in total.